The molecule has 0 atom stereocenters. The summed E-state index contributed by atoms with van der Waals surface area (Å²) < 4.78 is 5.24. The maximum Gasteiger partial charge on any atom is 0.341 e. The average Bonchev–Trinajstić information content (AvgIpc) is 3.24. The summed E-state index contributed by atoms with van der Waals surface area (Å²) in [6, 6.07) is 7.26. The second-order valence-corrected chi connectivity index (χ2v) is 7.99. The number of ether oxygens (including phenoxy) is 1. The Morgan fingerprint density at radius 3 is 2.89 bits per heavy atom. The van der Waals surface area contributed by atoms with Crippen molar-refractivity contribution in [3.63, 3.8) is 0 Å². The highest BCUT2D eigenvalue weighted by Crippen LogP contribution is 2.39. The second-order valence-electron chi connectivity index (χ2n) is 6.48. The van der Waals surface area contributed by atoms with E-state index in [1.54, 1.807) is 19.1 Å². The van der Waals surface area contributed by atoms with Crippen molar-refractivity contribution in [2.24, 2.45) is 0 Å². The van der Waals surface area contributed by atoms with E-state index in [1.807, 2.05) is 12.1 Å². The number of halogens is 1. The number of para-hydroxylation sites is 1. The molecule has 0 radical (unpaired) electrons. The van der Waals surface area contributed by atoms with Gasteiger partial charge in [0.2, 0.25) is 0 Å². The average molecular weight is 403 g/mol. The summed E-state index contributed by atoms with van der Waals surface area (Å²) in [4.78, 5) is 29.5. The van der Waals surface area contributed by atoms with E-state index in [0.717, 1.165) is 42.1 Å². The zero-order valence-corrected chi connectivity index (χ0v) is 16.4. The summed E-state index contributed by atoms with van der Waals surface area (Å²) in [5.74, 6) is -0.668. The first-order valence-corrected chi connectivity index (χ1v) is 10.2. The number of carbonyl (C=O) groups excluding carboxylic acids is 2. The lowest BCUT2D eigenvalue weighted by molar-refractivity contribution is 0.0526. The first-order chi connectivity index (χ1) is 13.1. The van der Waals surface area contributed by atoms with E-state index in [-0.39, 0.29) is 11.9 Å². The Balaban J connectivity index is 1.68. The largest absolute Gasteiger partial charge is 0.462 e. The summed E-state index contributed by atoms with van der Waals surface area (Å²) >= 11 is 7.66. The fraction of sp³-hybridized carbons (Fsp3) is 0.300. The van der Waals surface area contributed by atoms with E-state index in [1.165, 1.54) is 16.2 Å². The van der Waals surface area contributed by atoms with Gasteiger partial charge in [-0.3, -0.25) is 4.79 Å². The number of H-pyrrole nitrogens is 1. The van der Waals surface area contributed by atoms with Crippen molar-refractivity contribution in [3.8, 4) is 0 Å². The Kier molecular flexibility index (Phi) is 4.93. The number of hydrogen-bond acceptors (Lipinski definition) is 4. The fourth-order valence-corrected chi connectivity index (χ4v) is 4.99. The smallest absolute Gasteiger partial charge is 0.341 e. The molecule has 0 saturated carbocycles. The summed E-state index contributed by atoms with van der Waals surface area (Å²) in [7, 11) is 0. The molecule has 0 bridgehead atoms. The Labute approximate surface area is 165 Å². The molecule has 1 aliphatic carbocycles. The fourth-order valence-electron chi connectivity index (χ4n) is 3.49. The number of amides is 1. The van der Waals surface area contributed by atoms with Crippen LogP contribution in [0.25, 0.3) is 10.9 Å². The minimum Gasteiger partial charge on any atom is -0.462 e. The van der Waals surface area contributed by atoms with Gasteiger partial charge in [-0.05, 0) is 50.3 Å². The van der Waals surface area contributed by atoms with Crippen LogP contribution in [0.15, 0.2) is 24.3 Å². The lowest BCUT2D eigenvalue weighted by Crippen LogP contribution is -2.16. The van der Waals surface area contributed by atoms with Gasteiger partial charge in [0.15, 0.2) is 0 Å². The molecule has 1 aliphatic rings. The summed E-state index contributed by atoms with van der Waals surface area (Å²) in [6.45, 7) is 2.08. The number of aromatic amines is 1. The minimum atomic E-state index is -0.369. The van der Waals surface area contributed by atoms with Crippen molar-refractivity contribution < 1.29 is 14.3 Å². The number of nitrogens with one attached hydrogen (secondary N) is 2. The van der Waals surface area contributed by atoms with Crippen LogP contribution in [0.4, 0.5) is 5.00 Å². The highest BCUT2D eigenvalue weighted by molar-refractivity contribution is 7.17. The molecule has 0 fully saturated rings. The van der Waals surface area contributed by atoms with Gasteiger partial charge < -0.3 is 15.0 Å². The van der Waals surface area contributed by atoms with Gasteiger partial charge in [-0.25, -0.2) is 4.79 Å². The van der Waals surface area contributed by atoms with Crippen LogP contribution < -0.4 is 5.32 Å². The number of rotatable bonds is 4. The zero-order valence-electron chi connectivity index (χ0n) is 14.9. The highest BCUT2D eigenvalue weighted by atomic mass is 35.5. The van der Waals surface area contributed by atoms with E-state index in [9.17, 15) is 9.59 Å². The quantitative estimate of drug-likeness (QED) is 0.590. The molecule has 4 rings (SSSR count). The summed E-state index contributed by atoms with van der Waals surface area (Å²) in [5.41, 5.74) is 2.67. The van der Waals surface area contributed by atoms with Crippen LogP contribution in [0.1, 0.15) is 51.1 Å². The van der Waals surface area contributed by atoms with Gasteiger partial charge in [0, 0.05) is 10.3 Å². The molecule has 3 aromatic rings. The Bertz CT molecular complexity index is 1040. The molecule has 1 aromatic carbocycles. The predicted molar refractivity (Wildman–Crippen MR) is 108 cm³/mol. The topological polar surface area (TPSA) is 71.2 Å². The zero-order chi connectivity index (χ0) is 19.0. The van der Waals surface area contributed by atoms with Crippen LogP contribution in [0.5, 0.6) is 0 Å². The monoisotopic (exact) mass is 402 g/mol. The van der Waals surface area contributed by atoms with Gasteiger partial charge in [-0.15, -0.1) is 11.3 Å². The van der Waals surface area contributed by atoms with Crippen LogP contribution in [0.3, 0.4) is 0 Å². The van der Waals surface area contributed by atoms with Crippen LogP contribution in [0, 0.1) is 0 Å². The van der Waals surface area contributed by atoms with E-state index in [0.29, 0.717) is 27.9 Å². The molecule has 2 N–H and O–H groups in total. The lowest BCUT2D eigenvalue weighted by Gasteiger charge is -2.12. The van der Waals surface area contributed by atoms with Gasteiger partial charge in [0.25, 0.3) is 5.91 Å². The van der Waals surface area contributed by atoms with Crippen LogP contribution in [-0.2, 0) is 17.6 Å². The summed E-state index contributed by atoms with van der Waals surface area (Å²) in [6.07, 6.45) is 3.93. The maximum absolute atomic E-state index is 12.8. The van der Waals surface area contributed by atoms with Crippen LogP contribution >= 0.6 is 22.9 Å². The van der Waals surface area contributed by atoms with E-state index in [4.69, 9.17) is 16.3 Å². The van der Waals surface area contributed by atoms with Crippen LogP contribution in [-0.4, -0.2) is 23.5 Å². The molecular formula is C20H19ClN2O3S. The van der Waals surface area contributed by atoms with E-state index >= 15 is 0 Å². The molecule has 27 heavy (non-hydrogen) atoms. The van der Waals surface area contributed by atoms with Crippen molar-refractivity contribution in [2.45, 2.75) is 32.6 Å². The molecular weight excluding hydrogens is 384 g/mol. The van der Waals surface area contributed by atoms with Gasteiger partial charge >= 0.3 is 5.97 Å². The summed E-state index contributed by atoms with van der Waals surface area (Å²) in [5, 5.41) is 4.90. The molecule has 2 aromatic heterocycles. The van der Waals surface area contributed by atoms with Crippen molar-refractivity contribution in [2.75, 3.05) is 11.9 Å². The standard InChI is InChI=1S/C20H19ClN2O3S/c1-2-26-20(25)16-12-7-3-4-9-15(12)27-19(16)23-18(24)14-10-11-6-5-8-13(21)17(11)22-14/h5-6,8,10,22H,2-4,7,9H2,1H3,(H,23,24). The number of benzene rings is 1. The molecule has 0 saturated heterocycles. The first kappa shape index (κ1) is 18.1. The molecule has 0 aliphatic heterocycles. The van der Waals surface area contributed by atoms with Gasteiger partial charge in [0.05, 0.1) is 22.7 Å². The number of thiophene rings is 1. The Hall–Kier alpha value is -2.31. The van der Waals surface area contributed by atoms with Crippen LogP contribution in [0.2, 0.25) is 5.02 Å². The van der Waals surface area contributed by atoms with Crippen molar-refractivity contribution in [1.29, 1.82) is 0 Å². The third-order valence-electron chi connectivity index (χ3n) is 4.73. The third-order valence-corrected chi connectivity index (χ3v) is 6.25. The molecule has 2 heterocycles. The highest BCUT2D eigenvalue weighted by Gasteiger charge is 2.27. The van der Waals surface area contributed by atoms with Crippen molar-refractivity contribution >= 4 is 50.7 Å². The number of carbonyl (C=O) groups is 2. The number of anilines is 1. The molecule has 140 valence electrons. The number of esters is 1. The minimum absolute atomic E-state index is 0.300. The SMILES string of the molecule is CCOC(=O)c1c(NC(=O)c2cc3cccc(Cl)c3[nH]2)sc2c1CCCC2. The lowest BCUT2D eigenvalue weighted by atomic mass is 9.95. The second kappa shape index (κ2) is 7.37. The van der Waals surface area contributed by atoms with E-state index in [2.05, 4.69) is 10.3 Å². The number of aryl methyl sites for hydroxylation is 1. The van der Waals surface area contributed by atoms with Gasteiger partial charge in [-0.2, -0.15) is 0 Å². The molecule has 0 unspecified atom stereocenters. The Morgan fingerprint density at radius 2 is 2.11 bits per heavy atom. The third kappa shape index (κ3) is 3.35. The molecule has 0 spiro atoms. The predicted octanol–water partition coefficient (Wildman–Crippen LogP) is 5.19. The van der Waals surface area contributed by atoms with E-state index < -0.39 is 0 Å². The molecule has 1 amide bonds. The normalized spacial score (nSPS) is 13.4. The number of fused-ring (bicyclic) bond motifs is 2. The number of hydrogen-bond donors (Lipinski definition) is 2. The Morgan fingerprint density at radius 1 is 1.30 bits per heavy atom. The van der Waals surface area contributed by atoms with Gasteiger partial charge in [-0.1, -0.05) is 23.7 Å². The van der Waals surface area contributed by atoms with Crippen molar-refractivity contribution in [1.82, 2.24) is 4.98 Å². The molecule has 7 heteroatoms. The molecule has 5 nitrogen and oxygen atoms in total. The van der Waals surface area contributed by atoms with Crippen molar-refractivity contribution in [3.05, 3.63) is 51.0 Å². The van der Waals surface area contributed by atoms with Gasteiger partial charge in [0.1, 0.15) is 10.7 Å². The number of aromatic nitrogens is 1. The maximum atomic E-state index is 12.8. The first-order valence-electron chi connectivity index (χ1n) is 8.98.